The summed E-state index contributed by atoms with van der Waals surface area (Å²) in [7, 11) is 0. The molecule has 0 saturated heterocycles. The highest BCUT2D eigenvalue weighted by atomic mass is 35.5. The Balaban J connectivity index is 2.05. The van der Waals surface area contributed by atoms with Crippen LogP contribution in [-0.2, 0) is 21.0 Å². The molecular weight excluding hydrogens is 372 g/mol. The van der Waals surface area contributed by atoms with Crippen LogP contribution in [0.1, 0.15) is 12.0 Å². The molecule has 0 aromatic heterocycles. The molecule has 2 amide bonds. The van der Waals surface area contributed by atoms with E-state index >= 15 is 0 Å². The Morgan fingerprint density at radius 1 is 1.23 bits per heavy atom. The van der Waals surface area contributed by atoms with Crippen LogP contribution in [0.2, 0.25) is 5.02 Å². The number of thioether (sulfide) groups is 1. The Bertz CT molecular complexity index is 698. The lowest BCUT2D eigenvalue weighted by molar-refractivity contribution is -0.193. The number of hydrogen-bond acceptors (Lipinski definition) is 4. The molecule has 1 atom stereocenters. The van der Waals surface area contributed by atoms with Gasteiger partial charge < -0.3 is 5.32 Å². The summed E-state index contributed by atoms with van der Waals surface area (Å²) in [6.07, 6.45) is 2.98. The number of rotatable bonds is 10. The number of benzene rings is 2. The fraction of sp³-hybridized carbons (Fsp3) is 0.263. The van der Waals surface area contributed by atoms with Gasteiger partial charge in [-0.25, -0.2) is 5.06 Å². The first-order valence-corrected chi connectivity index (χ1v) is 9.87. The number of hydroxylamine groups is 2. The molecule has 1 N–H and O–H groups in total. The van der Waals surface area contributed by atoms with Crippen LogP contribution >= 0.6 is 23.4 Å². The van der Waals surface area contributed by atoms with Crippen molar-refractivity contribution in [2.45, 2.75) is 19.1 Å². The number of nitrogens with zero attached hydrogens (tertiary/aromatic N) is 1. The number of nitrogens with one attached hydrogen (secondary N) is 1. The van der Waals surface area contributed by atoms with Gasteiger partial charge >= 0.3 is 0 Å². The SMILES string of the molecule is CSCC[C@H](C(=O)Nc1ccc(Cl)cc1)N(C=O)OCc1ccccc1. The maximum Gasteiger partial charge on any atom is 0.249 e. The third-order valence-electron chi connectivity index (χ3n) is 3.64. The van der Waals surface area contributed by atoms with Crippen molar-refractivity contribution in [2.75, 3.05) is 17.3 Å². The number of halogens is 1. The zero-order valence-corrected chi connectivity index (χ0v) is 16.0. The average Bonchev–Trinajstić information content (AvgIpc) is 2.67. The Labute approximate surface area is 162 Å². The van der Waals surface area contributed by atoms with Crippen LogP contribution in [-0.4, -0.2) is 35.4 Å². The maximum atomic E-state index is 12.7. The van der Waals surface area contributed by atoms with Gasteiger partial charge in [0, 0.05) is 10.7 Å². The van der Waals surface area contributed by atoms with Crippen LogP contribution in [0.25, 0.3) is 0 Å². The van der Waals surface area contributed by atoms with Gasteiger partial charge in [0.15, 0.2) is 0 Å². The van der Waals surface area contributed by atoms with E-state index in [0.717, 1.165) is 16.4 Å². The molecule has 0 spiro atoms. The highest BCUT2D eigenvalue weighted by Gasteiger charge is 2.26. The molecule has 2 aromatic rings. The zero-order valence-electron chi connectivity index (χ0n) is 14.4. The molecular formula is C19H21ClN2O3S. The fourth-order valence-corrected chi connectivity index (χ4v) is 2.86. The largest absolute Gasteiger partial charge is 0.324 e. The summed E-state index contributed by atoms with van der Waals surface area (Å²) in [6, 6.07) is 15.6. The number of carbonyl (C=O) groups excluding carboxylic acids is 2. The second-order valence-electron chi connectivity index (χ2n) is 5.52. The van der Waals surface area contributed by atoms with Crippen LogP contribution in [0.15, 0.2) is 54.6 Å². The van der Waals surface area contributed by atoms with E-state index in [1.165, 1.54) is 0 Å². The Kier molecular flexibility index (Phi) is 8.47. The second kappa shape index (κ2) is 10.9. The number of amides is 2. The Morgan fingerprint density at radius 3 is 2.54 bits per heavy atom. The molecule has 26 heavy (non-hydrogen) atoms. The van der Waals surface area contributed by atoms with E-state index in [4.69, 9.17) is 16.4 Å². The molecule has 0 radical (unpaired) electrons. The third-order valence-corrected chi connectivity index (χ3v) is 4.54. The molecule has 0 fully saturated rings. The van der Waals surface area contributed by atoms with E-state index in [9.17, 15) is 9.59 Å². The first kappa shape index (κ1) is 20.3. The minimum absolute atomic E-state index is 0.212. The summed E-state index contributed by atoms with van der Waals surface area (Å²) in [4.78, 5) is 29.8. The smallest absolute Gasteiger partial charge is 0.249 e. The van der Waals surface area contributed by atoms with Crippen molar-refractivity contribution in [3.8, 4) is 0 Å². The van der Waals surface area contributed by atoms with Crippen LogP contribution in [0.4, 0.5) is 5.69 Å². The summed E-state index contributed by atoms with van der Waals surface area (Å²) in [5.74, 6) is 0.416. The molecule has 0 unspecified atom stereocenters. The standard InChI is InChI=1S/C19H21ClN2O3S/c1-26-12-11-18(19(24)21-17-9-7-16(20)8-10-17)22(14-23)25-13-15-5-3-2-4-6-15/h2-10,14,18H,11-13H2,1H3,(H,21,24)/t18-/m1/s1. The van der Waals surface area contributed by atoms with Crippen molar-refractivity contribution < 1.29 is 14.4 Å². The Morgan fingerprint density at radius 2 is 1.92 bits per heavy atom. The predicted octanol–water partition coefficient (Wildman–Crippen LogP) is 3.99. The van der Waals surface area contributed by atoms with Crippen LogP contribution in [0, 0.1) is 0 Å². The van der Waals surface area contributed by atoms with Crippen LogP contribution in [0.3, 0.4) is 0 Å². The lowest BCUT2D eigenvalue weighted by Gasteiger charge is -2.26. The topological polar surface area (TPSA) is 58.6 Å². The molecule has 5 nitrogen and oxygen atoms in total. The first-order chi connectivity index (χ1) is 12.6. The molecule has 0 saturated carbocycles. The minimum Gasteiger partial charge on any atom is -0.324 e. The highest BCUT2D eigenvalue weighted by molar-refractivity contribution is 7.98. The van der Waals surface area contributed by atoms with E-state index in [0.29, 0.717) is 23.5 Å². The van der Waals surface area contributed by atoms with E-state index in [2.05, 4.69) is 5.32 Å². The van der Waals surface area contributed by atoms with Gasteiger partial charge in [0.25, 0.3) is 0 Å². The van der Waals surface area contributed by atoms with Gasteiger partial charge in [-0.3, -0.25) is 14.4 Å². The van der Waals surface area contributed by atoms with Crippen molar-refractivity contribution in [3.05, 3.63) is 65.2 Å². The number of hydrogen-bond donors (Lipinski definition) is 1. The quantitative estimate of drug-likeness (QED) is 0.490. The van der Waals surface area contributed by atoms with Gasteiger partial charge in [0.2, 0.25) is 12.3 Å². The predicted molar refractivity (Wildman–Crippen MR) is 106 cm³/mol. The first-order valence-electron chi connectivity index (χ1n) is 8.10. The number of anilines is 1. The minimum atomic E-state index is -0.723. The summed E-state index contributed by atoms with van der Waals surface area (Å²) in [5.41, 5.74) is 1.53. The highest BCUT2D eigenvalue weighted by Crippen LogP contribution is 2.16. The van der Waals surface area contributed by atoms with Gasteiger partial charge in [0.1, 0.15) is 12.6 Å². The lowest BCUT2D eigenvalue weighted by atomic mass is 10.2. The molecule has 0 heterocycles. The van der Waals surface area contributed by atoms with Crippen LogP contribution < -0.4 is 5.32 Å². The molecule has 2 rings (SSSR count). The Hall–Kier alpha value is -2.02. The monoisotopic (exact) mass is 392 g/mol. The fourth-order valence-electron chi connectivity index (χ4n) is 2.28. The third kappa shape index (κ3) is 6.37. The van der Waals surface area contributed by atoms with E-state index in [-0.39, 0.29) is 12.5 Å². The van der Waals surface area contributed by atoms with Crippen molar-refractivity contribution >= 4 is 41.4 Å². The van der Waals surface area contributed by atoms with Gasteiger partial charge in [-0.05, 0) is 48.3 Å². The molecule has 138 valence electrons. The van der Waals surface area contributed by atoms with E-state index in [1.807, 2.05) is 36.6 Å². The summed E-state index contributed by atoms with van der Waals surface area (Å²) in [5, 5.41) is 4.48. The van der Waals surface area contributed by atoms with Gasteiger partial charge in [-0.1, -0.05) is 41.9 Å². The van der Waals surface area contributed by atoms with Crippen molar-refractivity contribution in [1.29, 1.82) is 0 Å². The summed E-state index contributed by atoms with van der Waals surface area (Å²) < 4.78 is 0. The zero-order chi connectivity index (χ0) is 18.8. The number of carbonyl (C=O) groups is 2. The molecule has 0 aliphatic rings. The van der Waals surface area contributed by atoms with E-state index < -0.39 is 6.04 Å². The van der Waals surface area contributed by atoms with E-state index in [1.54, 1.807) is 36.0 Å². The summed E-state index contributed by atoms with van der Waals surface area (Å²) in [6.45, 7) is 0.212. The van der Waals surface area contributed by atoms with Crippen molar-refractivity contribution in [1.82, 2.24) is 5.06 Å². The van der Waals surface area contributed by atoms with Gasteiger partial charge in [-0.15, -0.1) is 0 Å². The normalized spacial score (nSPS) is 11.6. The molecule has 7 heteroatoms. The lowest BCUT2D eigenvalue weighted by Crippen LogP contribution is -2.43. The molecule has 0 aliphatic heterocycles. The van der Waals surface area contributed by atoms with Crippen molar-refractivity contribution in [3.63, 3.8) is 0 Å². The molecule has 2 aromatic carbocycles. The average molecular weight is 393 g/mol. The molecule has 0 bridgehead atoms. The maximum absolute atomic E-state index is 12.7. The molecule has 0 aliphatic carbocycles. The van der Waals surface area contributed by atoms with Crippen LogP contribution in [0.5, 0.6) is 0 Å². The van der Waals surface area contributed by atoms with Gasteiger partial charge in [-0.2, -0.15) is 11.8 Å². The van der Waals surface area contributed by atoms with Gasteiger partial charge in [0.05, 0.1) is 0 Å². The second-order valence-corrected chi connectivity index (χ2v) is 6.94. The van der Waals surface area contributed by atoms with Crippen molar-refractivity contribution in [2.24, 2.45) is 0 Å². The summed E-state index contributed by atoms with van der Waals surface area (Å²) >= 11 is 7.46.